The van der Waals surface area contributed by atoms with Crippen LogP contribution in [0.15, 0.2) is 36.4 Å². The normalized spacial score (nSPS) is 18.6. The number of aryl methyl sites for hydroxylation is 1. The maximum absolute atomic E-state index is 13.8. The van der Waals surface area contributed by atoms with E-state index in [4.69, 9.17) is 11.6 Å². The molecule has 158 valence electrons. The van der Waals surface area contributed by atoms with Gasteiger partial charge < -0.3 is 20.4 Å². The first-order chi connectivity index (χ1) is 14.4. The molecule has 0 unspecified atom stereocenters. The second kappa shape index (κ2) is 8.52. The lowest BCUT2D eigenvalue weighted by atomic mass is 10.0. The van der Waals surface area contributed by atoms with Crippen LogP contribution in [-0.2, 0) is 16.0 Å². The molecule has 4 rings (SSSR count). The molecule has 6 nitrogen and oxygen atoms in total. The van der Waals surface area contributed by atoms with Gasteiger partial charge in [-0.1, -0.05) is 11.6 Å². The van der Waals surface area contributed by atoms with Crippen molar-refractivity contribution < 1.29 is 14.0 Å². The van der Waals surface area contributed by atoms with Gasteiger partial charge in [0.1, 0.15) is 5.82 Å². The van der Waals surface area contributed by atoms with Crippen LogP contribution in [0.4, 0.5) is 21.5 Å². The van der Waals surface area contributed by atoms with Gasteiger partial charge in [-0.3, -0.25) is 9.59 Å². The van der Waals surface area contributed by atoms with E-state index in [9.17, 15) is 14.0 Å². The second-order valence-electron chi connectivity index (χ2n) is 7.75. The summed E-state index contributed by atoms with van der Waals surface area (Å²) < 4.78 is 13.8. The lowest BCUT2D eigenvalue weighted by molar-refractivity contribution is -0.130. The van der Waals surface area contributed by atoms with Crippen LogP contribution in [0.5, 0.6) is 0 Å². The minimum absolute atomic E-state index is 0.0230. The van der Waals surface area contributed by atoms with Crippen molar-refractivity contribution in [1.82, 2.24) is 4.90 Å². The predicted octanol–water partition coefficient (Wildman–Crippen LogP) is 3.51. The van der Waals surface area contributed by atoms with Crippen LogP contribution in [0.25, 0.3) is 0 Å². The summed E-state index contributed by atoms with van der Waals surface area (Å²) in [4.78, 5) is 28.1. The standard InChI is InChI=1S/C22H24ClFN4O2/c1-14-13-27(8-9-28(14)17-4-5-18(23)19(24)11-17)22(30)12-25-16-3-6-20-15(10-16)2-7-21(29)26-20/h3-6,10-11,14,25H,2,7-9,12-13H2,1H3,(H,26,29)/t14-/m1/s1. The Morgan fingerprint density at radius 2 is 2.07 bits per heavy atom. The van der Waals surface area contributed by atoms with E-state index < -0.39 is 5.82 Å². The summed E-state index contributed by atoms with van der Waals surface area (Å²) in [6, 6.07) is 10.6. The zero-order chi connectivity index (χ0) is 21.3. The third kappa shape index (κ3) is 4.36. The molecule has 0 aliphatic carbocycles. The quantitative estimate of drug-likeness (QED) is 0.779. The number of carbonyl (C=O) groups excluding carboxylic acids is 2. The third-order valence-corrected chi connectivity index (χ3v) is 5.97. The van der Waals surface area contributed by atoms with Gasteiger partial charge in [-0.2, -0.15) is 0 Å². The molecule has 2 aliphatic heterocycles. The number of hydrogen-bond donors (Lipinski definition) is 2. The van der Waals surface area contributed by atoms with Gasteiger partial charge in [0.2, 0.25) is 11.8 Å². The van der Waals surface area contributed by atoms with Gasteiger partial charge in [0.25, 0.3) is 0 Å². The molecule has 0 spiro atoms. The minimum atomic E-state index is -0.436. The van der Waals surface area contributed by atoms with Gasteiger partial charge in [0, 0.05) is 49.2 Å². The summed E-state index contributed by atoms with van der Waals surface area (Å²) in [6.07, 6.45) is 1.18. The van der Waals surface area contributed by atoms with Crippen LogP contribution in [0.3, 0.4) is 0 Å². The molecule has 2 aliphatic rings. The monoisotopic (exact) mass is 430 g/mol. The fraction of sp³-hybridized carbons (Fsp3) is 0.364. The summed E-state index contributed by atoms with van der Waals surface area (Å²) in [5.41, 5.74) is 3.55. The van der Waals surface area contributed by atoms with Crippen LogP contribution in [0.2, 0.25) is 5.02 Å². The van der Waals surface area contributed by atoms with E-state index in [1.165, 1.54) is 6.07 Å². The molecule has 2 N–H and O–H groups in total. The highest BCUT2D eigenvalue weighted by molar-refractivity contribution is 6.30. The summed E-state index contributed by atoms with van der Waals surface area (Å²) in [6.45, 7) is 4.00. The second-order valence-corrected chi connectivity index (χ2v) is 8.16. The van der Waals surface area contributed by atoms with E-state index in [-0.39, 0.29) is 29.4 Å². The Morgan fingerprint density at radius 1 is 1.23 bits per heavy atom. The van der Waals surface area contributed by atoms with Gasteiger partial charge in [0.15, 0.2) is 0 Å². The number of nitrogens with zero attached hydrogens (tertiary/aromatic N) is 2. The van der Waals surface area contributed by atoms with Crippen LogP contribution < -0.4 is 15.5 Å². The Labute approximate surface area is 180 Å². The zero-order valence-corrected chi connectivity index (χ0v) is 17.5. The lowest BCUT2D eigenvalue weighted by Gasteiger charge is -2.41. The zero-order valence-electron chi connectivity index (χ0n) is 16.8. The summed E-state index contributed by atoms with van der Waals surface area (Å²) in [5.74, 6) is -0.378. The maximum atomic E-state index is 13.8. The largest absolute Gasteiger partial charge is 0.376 e. The summed E-state index contributed by atoms with van der Waals surface area (Å²) in [5, 5.41) is 6.16. The Balaban J connectivity index is 1.33. The molecule has 1 fully saturated rings. The number of amides is 2. The highest BCUT2D eigenvalue weighted by atomic mass is 35.5. The van der Waals surface area contributed by atoms with Gasteiger partial charge in [0.05, 0.1) is 11.6 Å². The van der Waals surface area contributed by atoms with Crippen LogP contribution >= 0.6 is 11.6 Å². The van der Waals surface area contributed by atoms with Crippen molar-refractivity contribution in [2.24, 2.45) is 0 Å². The molecular formula is C22H24ClFN4O2. The molecular weight excluding hydrogens is 407 g/mol. The number of nitrogens with one attached hydrogen (secondary N) is 2. The molecule has 2 aromatic rings. The smallest absolute Gasteiger partial charge is 0.242 e. The van der Waals surface area contributed by atoms with Crippen LogP contribution in [0, 0.1) is 5.82 Å². The van der Waals surface area contributed by atoms with Crippen molar-refractivity contribution in [3.05, 3.63) is 52.8 Å². The number of carbonyl (C=O) groups is 2. The van der Waals surface area contributed by atoms with Crippen molar-refractivity contribution in [2.75, 3.05) is 41.7 Å². The number of benzene rings is 2. The van der Waals surface area contributed by atoms with E-state index in [1.807, 2.05) is 30.0 Å². The lowest BCUT2D eigenvalue weighted by Crippen LogP contribution is -2.54. The number of piperazine rings is 1. The molecule has 0 bridgehead atoms. The molecule has 8 heteroatoms. The average Bonchev–Trinajstić information content (AvgIpc) is 2.74. The molecule has 30 heavy (non-hydrogen) atoms. The van der Waals surface area contributed by atoms with E-state index in [1.54, 1.807) is 12.1 Å². The van der Waals surface area contributed by atoms with E-state index in [0.29, 0.717) is 32.5 Å². The van der Waals surface area contributed by atoms with Gasteiger partial charge in [-0.15, -0.1) is 0 Å². The van der Waals surface area contributed by atoms with E-state index in [0.717, 1.165) is 22.6 Å². The van der Waals surface area contributed by atoms with Gasteiger partial charge in [-0.05, 0) is 55.3 Å². The number of fused-ring (bicyclic) bond motifs is 1. The minimum Gasteiger partial charge on any atom is -0.376 e. The number of hydrogen-bond acceptors (Lipinski definition) is 4. The van der Waals surface area contributed by atoms with Crippen molar-refractivity contribution >= 4 is 40.5 Å². The first-order valence-electron chi connectivity index (χ1n) is 10.1. The van der Waals surface area contributed by atoms with Crippen LogP contribution in [0.1, 0.15) is 18.9 Å². The van der Waals surface area contributed by atoms with Crippen LogP contribution in [-0.4, -0.2) is 48.9 Å². The topological polar surface area (TPSA) is 64.7 Å². The predicted molar refractivity (Wildman–Crippen MR) is 117 cm³/mol. The van der Waals surface area contributed by atoms with Crippen molar-refractivity contribution in [3.63, 3.8) is 0 Å². The fourth-order valence-electron chi connectivity index (χ4n) is 4.01. The Hall–Kier alpha value is -2.80. The molecule has 1 saturated heterocycles. The molecule has 0 radical (unpaired) electrons. The van der Waals surface area contributed by atoms with E-state index in [2.05, 4.69) is 15.5 Å². The first kappa shape index (κ1) is 20.5. The average molecular weight is 431 g/mol. The summed E-state index contributed by atoms with van der Waals surface area (Å²) in [7, 11) is 0. The molecule has 2 amide bonds. The maximum Gasteiger partial charge on any atom is 0.242 e. The van der Waals surface area contributed by atoms with Gasteiger partial charge >= 0.3 is 0 Å². The number of halogens is 2. The first-order valence-corrected chi connectivity index (χ1v) is 10.4. The Kier molecular flexibility index (Phi) is 5.81. The fourth-order valence-corrected chi connectivity index (χ4v) is 4.13. The molecule has 0 saturated carbocycles. The highest BCUT2D eigenvalue weighted by Gasteiger charge is 2.27. The third-order valence-electron chi connectivity index (χ3n) is 5.66. The van der Waals surface area contributed by atoms with Crippen molar-refractivity contribution in [2.45, 2.75) is 25.8 Å². The highest BCUT2D eigenvalue weighted by Crippen LogP contribution is 2.27. The Bertz CT molecular complexity index is 984. The molecule has 0 aromatic heterocycles. The van der Waals surface area contributed by atoms with Gasteiger partial charge in [-0.25, -0.2) is 4.39 Å². The van der Waals surface area contributed by atoms with Crippen molar-refractivity contribution in [1.29, 1.82) is 0 Å². The Morgan fingerprint density at radius 3 is 2.83 bits per heavy atom. The van der Waals surface area contributed by atoms with Crippen molar-refractivity contribution in [3.8, 4) is 0 Å². The number of rotatable bonds is 4. The van der Waals surface area contributed by atoms with E-state index >= 15 is 0 Å². The molecule has 2 heterocycles. The summed E-state index contributed by atoms with van der Waals surface area (Å²) >= 11 is 5.78. The number of anilines is 3. The molecule has 1 atom stereocenters. The SMILES string of the molecule is C[C@@H]1CN(C(=O)CNc2ccc3c(c2)CCC(=O)N3)CCN1c1ccc(Cl)c(F)c1. The molecule has 2 aromatic carbocycles.